The Labute approximate surface area is 623 Å². The lowest BCUT2D eigenvalue weighted by Gasteiger charge is -2.32. The van der Waals surface area contributed by atoms with Crippen molar-refractivity contribution in [1.82, 2.24) is 15.3 Å². The van der Waals surface area contributed by atoms with Crippen LogP contribution in [-0.2, 0) is 73.1 Å². The van der Waals surface area contributed by atoms with E-state index in [-0.39, 0.29) is 40.3 Å². The summed E-state index contributed by atoms with van der Waals surface area (Å²) in [6.07, 6.45) is 9.08. The Hall–Kier alpha value is -3.05. The number of nitrogen functional groups attached to an aromatic ring is 1. The maximum Gasteiger partial charge on any atom is 0.222 e. The van der Waals surface area contributed by atoms with Gasteiger partial charge in [-0.2, -0.15) is 28.5 Å². The molecule has 0 aliphatic carbocycles. The average Bonchev–Trinajstić information content (AvgIpc) is 1.79. The van der Waals surface area contributed by atoms with Crippen LogP contribution in [0.15, 0.2) is 124 Å². The number of halogens is 9. The van der Waals surface area contributed by atoms with Crippen LogP contribution in [0.1, 0.15) is 96.8 Å². The van der Waals surface area contributed by atoms with Gasteiger partial charge in [0.1, 0.15) is 5.82 Å². The molecule has 4 atom stereocenters. The van der Waals surface area contributed by atoms with Gasteiger partial charge in [-0.3, -0.25) is 9.59 Å². The zero-order valence-corrected chi connectivity index (χ0v) is 66.7. The fraction of sp³-hybridized carbons (Fsp3) is 0.364. The number of hydrogen-bond donors (Lipinski definition) is 2. The molecule has 0 amide bonds. The minimum atomic E-state index is -3.13. The van der Waals surface area contributed by atoms with Gasteiger partial charge in [-0.1, -0.05) is 148 Å². The second kappa shape index (κ2) is 41.6. The van der Waals surface area contributed by atoms with Gasteiger partial charge in [-0.15, -0.1) is 0 Å². The smallest absolute Gasteiger partial charge is 0.222 e. The Bertz CT molecular complexity index is 4020. The monoisotopic (exact) mass is 1700 g/mol. The number of thioether (sulfide) groups is 2. The van der Waals surface area contributed by atoms with Crippen molar-refractivity contribution in [3.05, 3.63) is 216 Å². The molecule has 29 heteroatoms. The number of aryl methyl sites for hydroxylation is 1. The highest BCUT2D eigenvalue weighted by molar-refractivity contribution is 9.11. The van der Waals surface area contributed by atoms with Crippen molar-refractivity contribution in [3.63, 3.8) is 0 Å². The molecular weight excluding hydrogens is 1640 g/mol. The quantitative estimate of drug-likeness (QED) is 0.0678. The Morgan fingerprint density at radius 1 is 0.558 bits per heavy atom. The summed E-state index contributed by atoms with van der Waals surface area (Å²) in [5, 5.41) is 7.74. The van der Waals surface area contributed by atoms with Crippen molar-refractivity contribution in [2.24, 2.45) is 11.8 Å². The molecule has 1 aromatic heterocycles. The molecule has 0 spiro atoms. The number of aromatic nitrogens is 2. The summed E-state index contributed by atoms with van der Waals surface area (Å²) in [6, 6.07) is 34.6. The van der Waals surface area contributed by atoms with Gasteiger partial charge >= 0.3 is 0 Å². The first-order valence-electron chi connectivity index (χ1n) is 28.9. The molecule has 2 aliphatic rings. The van der Waals surface area contributed by atoms with E-state index in [0.717, 1.165) is 96.3 Å². The van der Waals surface area contributed by atoms with Crippen molar-refractivity contribution >= 4 is 195 Å². The summed E-state index contributed by atoms with van der Waals surface area (Å²) < 4.78 is 81.1. The molecule has 518 valence electrons. The molecule has 2 aliphatic heterocycles. The van der Waals surface area contributed by atoms with Gasteiger partial charge in [-0.05, 0) is 168 Å². The Morgan fingerprint density at radius 3 is 1.41 bits per heavy atom. The van der Waals surface area contributed by atoms with Crippen LogP contribution in [0.5, 0.6) is 0 Å². The molecule has 0 saturated carbocycles. The average molecular weight is 1710 g/mol. The topological polar surface area (TPSA) is 222 Å². The van der Waals surface area contributed by atoms with Crippen molar-refractivity contribution in [2.75, 3.05) is 81.4 Å². The lowest BCUT2D eigenvalue weighted by molar-refractivity contribution is 0.111. The molecule has 2 fully saturated rings. The van der Waals surface area contributed by atoms with E-state index in [2.05, 4.69) is 94.1 Å². The number of benzene rings is 6. The number of carbonyl (C=O) groups is 2. The molecule has 2 saturated heterocycles. The van der Waals surface area contributed by atoms with Crippen LogP contribution in [0.4, 0.5) is 11.8 Å². The van der Waals surface area contributed by atoms with E-state index in [1.54, 1.807) is 53.9 Å². The van der Waals surface area contributed by atoms with E-state index in [1.165, 1.54) is 35.8 Å². The first-order valence-corrected chi connectivity index (χ1v) is 42.8. The molecule has 9 rings (SSSR count). The molecule has 95 heavy (non-hydrogen) atoms. The number of anilines is 2. The Balaban J connectivity index is 0.000000254. The van der Waals surface area contributed by atoms with E-state index in [0.29, 0.717) is 80.8 Å². The van der Waals surface area contributed by atoms with Crippen molar-refractivity contribution in [3.8, 4) is 0 Å². The molecule has 0 radical (unpaired) electrons. The van der Waals surface area contributed by atoms with Crippen molar-refractivity contribution in [2.45, 2.75) is 66.9 Å². The molecule has 15 nitrogen and oxygen atoms in total. The lowest BCUT2D eigenvalue weighted by atomic mass is 10.0. The maximum atomic E-state index is 11.6. The second-order valence-electron chi connectivity index (χ2n) is 22.5. The fourth-order valence-corrected chi connectivity index (χ4v) is 14.9. The largest absolute Gasteiger partial charge is 0.379 e. The third-order valence-electron chi connectivity index (χ3n) is 13.4. The minimum Gasteiger partial charge on any atom is -0.379 e. The molecule has 3 N–H and O–H groups in total. The lowest BCUT2D eigenvalue weighted by Crippen LogP contribution is -2.34. The first kappa shape index (κ1) is 84.4. The van der Waals surface area contributed by atoms with E-state index < -0.39 is 29.5 Å². The van der Waals surface area contributed by atoms with Gasteiger partial charge < -0.3 is 25.4 Å². The highest BCUT2D eigenvalue weighted by Gasteiger charge is 2.30. The third-order valence-corrected chi connectivity index (χ3v) is 21.6. The number of rotatable bonds is 16. The number of nitrogens with one attached hydrogen (secondary N) is 1. The number of nitrogens with two attached hydrogens (primary N) is 1. The van der Waals surface area contributed by atoms with Crippen LogP contribution < -0.4 is 16.0 Å². The van der Waals surface area contributed by atoms with Crippen LogP contribution in [0.2, 0.25) is 30.1 Å². The predicted octanol–water partition coefficient (Wildman–Crippen LogP) is 17.6. The van der Waals surface area contributed by atoms with Crippen LogP contribution in [-0.4, -0.2) is 119 Å². The molecule has 7 aromatic rings. The number of nitrogens with zero attached hydrogens (tertiary/aromatic N) is 3. The van der Waals surface area contributed by atoms with Crippen molar-refractivity contribution in [1.29, 1.82) is 0 Å². The number of sulfone groups is 3. The maximum absolute atomic E-state index is 11.6. The van der Waals surface area contributed by atoms with Gasteiger partial charge in [0.05, 0.1) is 75.9 Å². The van der Waals surface area contributed by atoms with E-state index in [4.69, 9.17) is 84.8 Å². The fourth-order valence-electron chi connectivity index (χ4n) is 9.15. The van der Waals surface area contributed by atoms with Crippen LogP contribution in [0.25, 0.3) is 0 Å². The van der Waals surface area contributed by atoms with Crippen LogP contribution in [0, 0.1) is 18.8 Å². The standard InChI is InChI=1S/C19H25ClN4O3S.C14H20ClNO3S.C9H9ClO3S.C9H9ClOS.C8H8BrClS.C7H5Br2Cl/c1-12-8-24(18-6-13(2)22-19(21)23-18)17(10-27-9-12)15-5-4-14(7-16(15)20)11-28(3,25)26;1-10-6-16-14(8-19-7-10)12-4-3-11(5-13(12)15)9-20(2,17)18;1-14(12,13)6-7-2-3-8(5-11)9(10)4-7;1-12-6-7-2-3-8(5-11)9(10)4-7;1-11-5-6-2-3-7(9)8(10)4-6;8-4-5-1-2-6(9)7(10)3-5/h4-7,12,17H,8-11H2,1-3H3,(H2,21,22,23);3-5,10,14,16H,6-9H2,1-2H3;2-5H,6H2,1H3;2-5H,6H2,1H3;2-4H,5H2,1H3;1-3H,4H2. The summed E-state index contributed by atoms with van der Waals surface area (Å²) in [5.74, 6) is 3.57. The van der Waals surface area contributed by atoms with E-state index in [9.17, 15) is 34.8 Å². The second-order valence-corrected chi connectivity index (χ2v) is 35.4. The SMILES string of the molecule is CC1CNC(c2ccc(CS(C)(=O)=O)cc2Cl)COC1.CS(=O)(=O)Cc1ccc(C=O)c(Cl)c1.CSCc1ccc(Br)c(Cl)c1.CSCc1ccc(C=O)c(Cl)c1.Cc1cc(N2CC(C)COCC2c2ccc(CS(C)(=O)=O)cc2Cl)nc(N)n1.Clc1cc(CBr)ccc1Br. The third kappa shape index (κ3) is 31.6. The Kier molecular flexibility index (Phi) is 37.0. The normalized spacial score (nSPS) is 16.4. The van der Waals surface area contributed by atoms with Crippen LogP contribution >= 0.6 is 141 Å². The zero-order valence-electron chi connectivity index (χ0n) is 53.4. The summed E-state index contributed by atoms with van der Waals surface area (Å²) in [4.78, 5) is 31.5. The summed E-state index contributed by atoms with van der Waals surface area (Å²) in [5.41, 5.74) is 15.0. The molecule has 4 unspecified atom stereocenters. The first-order chi connectivity index (χ1) is 44.6. The predicted molar refractivity (Wildman–Crippen MR) is 410 cm³/mol. The number of ether oxygens (including phenoxy) is 2. The number of aldehydes is 2. The highest BCUT2D eigenvalue weighted by Crippen LogP contribution is 2.36. The molecule has 3 heterocycles. The molecule has 6 aromatic carbocycles. The summed E-state index contributed by atoms with van der Waals surface area (Å²) in [7, 11) is -9.24. The number of carbonyl (C=O) groups excluding carboxylic acids is 2. The zero-order chi connectivity index (χ0) is 70.8. The summed E-state index contributed by atoms with van der Waals surface area (Å²) >= 11 is 49.6. The summed E-state index contributed by atoms with van der Waals surface area (Å²) in [6.45, 7) is 10.1. The van der Waals surface area contributed by atoms with Gasteiger partial charge in [0.2, 0.25) is 5.95 Å². The highest BCUT2D eigenvalue weighted by atomic mass is 79.9. The number of hydrogen-bond acceptors (Lipinski definition) is 17. The van der Waals surface area contributed by atoms with Gasteiger partial charge in [0, 0.05) is 90.6 Å². The van der Waals surface area contributed by atoms with Gasteiger partial charge in [0.15, 0.2) is 42.1 Å². The molecule has 0 bridgehead atoms. The van der Waals surface area contributed by atoms with Crippen molar-refractivity contribution < 1.29 is 44.3 Å². The molecular formula is C66H76Br3Cl6N5O10S5. The van der Waals surface area contributed by atoms with E-state index >= 15 is 0 Å². The van der Waals surface area contributed by atoms with Gasteiger partial charge in [-0.25, -0.2) is 30.2 Å². The number of alkyl halides is 1. The van der Waals surface area contributed by atoms with E-state index in [1.807, 2.05) is 79.9 Å². The Morgan fingerprint density at radius 2 is 0.968 bits per heavy atom. The minimum absolute atomic E-state index is 0.0125. The van der Waals surface area contributed by atoms with Gasteiger partial charge in [0.25, 0.3) is 0 Å². The van der Waals surface area contributed by atoms with Crippen LogP contribution in [0.3, 0.4) is 0 Å².